The number of hydrogen-bond acceptors (Lipinski definition) is 6. The molecule has 29 heavy (non-hydrogen) atoms. The Balaban J connectivity index is 1.76. The number of rotatable bonds is 8. The molecule has 152 valence electrons. The fourth-order valence-corrected chi connectivity index (χ4v) is 2.72. The third kappa shape index (κ3) is 4.94. The summed E-state index contributed by atoms with van der Waals surface area (Å²) in [6.45, 7) is 2.94. The van der Waals surface area contributed by atoms with E-state index in [4.69, 9.17) is 4.74 Å². The fourth-order valence-electron chi connectivity index (χ4n) is 2.72. The highest BCUT2D eigenvalue weighted by molar-refractivity contribution is 5.95. The minimum atomic E-state index is -0.539. The highest BCUT2D eigenvalue weighted by Gasteiger charge is 2.14. The van der Waals surface area contributed by atoms with Crippen molar-refractivity contribution < 1.29 is 13.9 Å². The van der Waals surface area contributed by atoms with Crippen LogP contribution in [0.25, 0.3) is 11.4 Å². The zero-order chi connectivity index (χ0) is 20.8. The molecule has 0 aliphatic heterocycles. The van der Waals surface area contributed by atoms with Gasteiger partial charge in [-0.3, -0.25) is 4.79 Å². The second-order valence-corrected chi connectivity index (χ2v) is 6.45. The number of imidazole rings is 1. The third-order valence-electron chi connectivity index (χ3n) is 4.40. The lowest BCUT2D eigenvalue weighted by atomic mass is 10.2. The van der Waals surface area contributed by atoms with E-state index in [0.29, 0.717) is 30.1 Å². The van der Waals surface area contributed by atoms with Crippen molar-refractivity contribution in [3.8, 4) is 11.4 Å². The molecule has 3 aromatic rings. The average Bonchev–Trinajstić information content (AvgIpc) is 3.05. The zero-order valence-corrected chi connectivity index (χ0v) is 16.6. The second kappa shape index (κ2) is 9.24. The summed E-state index contributed by atoms with van der Waals surface area (Å²) in [7, 11) is 3.41. The van der Waals surface area contributed by atoms with Gasteiger partial charge in [0.1, 0.15) is 11.5 Å². The van der Waals surface area contributed by atoms with Crippen molar-refractivity contribution in [2.75, 3.05) is 25.6 Å². The molecule has 0 saturated carbocycles. The molecule has 3 rings (SSSR count). The maximum Gasteiger partial charge on any atom is 0.251 e. The van der Waals surface area contributed by atoms with Gasteiger partial charge in [0, 0.05) is 38.6 Å². The molecule has 0 spiro atoms. The van der Waals surface area contributed by atoms with Crippen LogP contribution in [0.2, 0.25) is 0 Å². The molecule has 0 unspecified atom stereocenters. The van der Waals surface area contributed by atoms with Gasteiger partial charge in [0.15, 0.2) is 5.82 Å². The van der Waals surface area contributed by atoms with E-state index < -0.39 is 5.82 Å². The Hall–Kier alpha value is -3.33. The molecule has 0 fully saturated rings. The van der Waals surface area contributed by atoms with Crippen molar-refractivity contribution in [3.05, 3.63) is 53.9 Å². The summed E-state index contributed by atoms with van der Waals surface area (Å²) in [4.78, 5) is 24.7. The summed E-state index contributed by atoms with van der Waals surface area (Å²) in [6.07, 6.45) is 3.41. The van der Waals surface area contributed by atoms with E-state index in [1.165, 1.54) is 0 Å². The predicted molar refractivity (Wildman–Crippen MR) is 107 cm³/mol. The normalized spacial score (nSPS) is 10.8. The van der Waals surface area contributed by atoms with Crippen molar-refractivity contribution in [1.29, 1.82) is 0 Å². The van der Waals surface area contributed by atoms with Crippen molar-refractivity contribution in [2.24, 2.45) is 7.05 Å². The Bertz CT molecular complexity index is 1000. The SMILES string of the molecule is COCCCNC(=O)c1cccc(Nc2ncc(F)c(-c3cnc(C)n3C)n2)c1. The summed E-state index contributed by atoms with van der Waals surface area (Å²) in [5, 5.41) is 5.85. The van der Waals surface area contributed by atoms with E-state index in [1.54, 1.807) is 49.2 Å². The highest BCUT2D eigenvalue weighted by atomic mass is 19.1. The molecule has 0 atom stereocenters. The van der Waals surface area contributed by atoms with Gasteiger partial charge in [-0.05, 0) is 31.5 Å². The molecular formula is C20H23FN6O2. The van der Waals surface area contributed by atoms with Crippen molar-refractivity contribution in [1.82, 2.24) is 24.8 Å². The first kappa shape index (κ1) is 20.4. The lowest BCUT2D eigenvalue weighted by molar-refractivity contribution is 0.0948. The van der Waals surface area contributed by atoms with Crippen LogP contribution >= 0.6 is 0 Å². The van der Waals surface area contributed by atoms with Crippen LogP contribution in [-0.4, -0.2) is 45.7 Å². The largest absolute Gasteiger partial charge is 0.385 e. The van der Waals surface area contributed by atoms with E-state index in [2.05, 4.69) is 25.6 Å². The van der Waals surface area contributed by atoms with Crippen LogP contribution in [0.5, 0.6) is 0 Å². The number of aryl methyl sites for hydroxylation is 1. The molecule has 0 aliphatic rings. The maximum atomic E-state index is 14.3. The monoisotopic (exact) mass is 398 g/mol. The molecule has 1 aromatic carbocycles. The van der Waals surface area contributed by atoms with Crippen molar-refractivity contribution in [3.63, 3.8) is 0 Å². The minimum absolute atomic E-state index is 0.151. The Morgan fingerprint density at radius 3 is 2.83 bits per heavy atom. The van der Waals surface area contributed by atoms with Gasteiger partial charge in [-0.1, -0.05) is 6.07 Å². The first-order valence-corrected chi connectivity index (χ1v) is 9.15. The summed E-state index contributed by atoms with van der Waals surface area (Å²) < 4.78 is 21.0. The van der Waals surface area contributed by atoms with Gasteiger partial charge < -0.3 is 19.9 Å². The first-order chi connectivity index (χ1) is 14.0. The number of anilines is 2. The Morgan fingerprint density at radius 2 is 2.10 bits per heavy atom. The number of amides is 1. The molecular weight excluding hydrogens is 375 g/mol. The molecule has 0 saturated heterocycles. The smallest absolute Gasteiger partial charge is 0.251 e. The number of methoxy groups -OCH3 is 1. The minimum Gasteiger partial charge on any atom is -0.385 e. The predicted octanol–water partition coefficient (Wildman–Crippen LogP) is 2.83. The topological polar surface area (TPSA) is 94.0 Å². The van der Waals surface area contributed by atoms with Gasteiger partial charge in [-0.15, -0.1) is 0 Å². The summed E-state index contributed by atoms with van der Waals surface area (Å²) in [6, 6.07) is 6.93. The molecule has 9 heteroatoms. The van der Waals surface area contributed by atoms with Gasteiger partial charge in [-0.25, -0.2) is 19.3 Å². The molecule has 0 aliphatic carbocycles. The lowest BCUT2D eigenvalue weighted by Crippen LogP contribution is -2.25. The lowest BCUT2D eigenvalue weighted by Gasteiger charge is -2.10. The van der Waals surface area contributed by atoms with E-state index in [0.717, 1.165) is 18.4 Å². The van der Waals surface area contributed by atoms with Gasteiger partial charge >= 0.3 is 0 Å². The van der Waals surface area contributed by atoms with Crippen LogP contribution in [-0.2, 0) is 11.8 Å². The Morgan fingerprint density at radius 1 is 1.28 bits per heavy atom. The van der Waals surface area contributed by atoms with Crippen LogP contribution in [0, 0.1) is 12.7 Å². The van der Waals surface area contributed by atoms with Crippen molar-refractivity contribution in [2.45, 2.75) is 13.3 Å². The molecule has 2 N–H and O–H groups in total. The molecule has 0 radical (unpaired) electrons. The molecule has 1 amide bonds. The van der Waals surface area contributed by atoms with Crippen LogP contribution in [0.4, 0.5) is 16.0 Å². The Labute approximate surface area is 168 Å². The Kier molecular flexibility index (Phi) is 6.50. The van der Waals surface area contributed by atoms with Crippen LogP contribution < -0.4 is 10.6 Å². The van der Waals surface area contributed by atoms with Gasteiger partial charge in [-0.2, -0.15) is 0 Å². The van der Waals surface area contributed by atoms with Crippen molar-refractivity contribution >= 4 is 17.5 Å². The number of nitrogens with one attached hydrogen (secondary N) is 2. The van der Waals surface area contributed by atoms with E-state index in [-0.39, 0.29) is 17.5 Å². The average molecular weight is 398 g/mol. The first-order valence-electron chi connectivity index (χ1n) is 9.15. The van der Waals surface area contributed by atoms with Gasteiger partial charge in [0.25, 0.3) is 5.91 Å². The third-order valence-corrected chi connectivity index (χ3v) is 4.40. The van der Waals surface area contributed by atoms with E-state index in [1.807, 2.05) is 6.92 Å². The molecule has 8 nitrogen and oxygen atoms in total. The number of aromatic nitrogens is 4. The standard InChI is InChI=1S/C20H23FN6O2/c1-13-23-12-17(27(13)2)18-16(21)11-24-20(26-18)25-15-7-4-6-14(10-15)19(28)22-8-5-9-29-3/h4,6-7,10-12H,5,8-9H2,1-3H3,(H,22,28)(H,24,25,26). The number of halogens is 1. The number of ether oxygens (including phenoxy) is 1. The molecule has 0 bridgehead atoms. The van der Waals surface area contributed by atoms with Crippen LogP contribution in [0.15, 0.2) is 36.7 Å². The number of carbonyl (C=O) groups is 1. The maximum absolute atomic E-state index is 14.3. The van der Waals surface area contributed by atoms with E-state index in [9.17, 15) is 9.18 Å². The zero-order valence-electron chi connectivity index (χ0n) is 16.6. The highest BCUT2D eigenvalue weighted by Crippen LogP contribution is 2.23. The second-order valence-electron chi connectivity index (χ2n) is 6.45. The summed E-state index contributed by atoms with van der Waals surface area (Å²) in [5.41, 5.74) is 1.82. The van der Waals surface area contributed by atoms with Gasteiger partial charge in [0.05, 0.1) is 18.1 Å². The number of benzene rings is 1. The van der Waals surface area contributed by atoms with Gasteiger partial charge in [0.2, 0.25) is 5.95 Å². The van der Waals surface area contributed by atoms with E-state index >= 15 is 0 Å². The molecule has 2 heterocycles. The van der Waals surface area contributed by atoms with Crippen LogP contribution in [0.1, 0.15) is 22.6 Å². The number of carbonyl (C=O) groups excluding carboxylic acids is 1. The summed E-state index contributed by atoms with van der Waals surface area (Å²) >= 11 is 0. The fraction of sp³-hybridized carbons (Fsp3) is 0.300. The summed E-state index contributed by atoms with van der Waals surface area (Å²) in [5.74, 6) is 0.244. The quantitative estimate of drug-likeness (QED) is 0.567. The van der Waals surface area contributed by atoms with Crippen LogP contribution in [0.3, 0.4) is 0 Å². The number of nitrogens with zero attached hydrogens (tertiary/aromatic N) is 4. The molecule has 2 aromatic heterocycles. The number of hydrogen-bond donors (Lipinski definition) is 2.